The Bertz CT molecular complexity index is 777. The van der Waals surface area contributed by atoms with E-state index in [1.807, 2.05) is 47.3 Å². The zero-order valence-corrected chi connectivity index (χ0v) is 13.1. The van der Waals surface area contributed by atoms with Crippen molar-refractivity contribution in [2.45, 2.75) is 19.9 Å². The number of pyridine rings is 1. The Hall–Kier alpha value is -2.95. The van der Waals surface area contributed by atoms with E-state index in [-0.39, 0.29) is 11.9 Å². The molecule has 0 aliphatic heterocycles. The maximum atomic E-state index is 11.0. The molecule has 1 amide bonds. The molecule has 0 radical (unpaired) electrons. The molecule has 0 saturated heterocycles. The summed E-state index contributed by atoms with van der Waals surface area (Å²) in [7, 11) is 0. The second-order valence-corrected chi connectivity index (χ2v) is 5.42. The van der Waals surface area contributed by atoms with Crippen LogP contribution in [-0.2, 0) is 4.79 Å². The van der Waals surface area contributed by atoms with E-state index in [1.165, 1.54) is 6.92 Å². The number of imidazole rings is 1. The van der Waals surface area contributed by atoms with Gasteiger partial charge in [-0.3, -0.25) is 9.78 Å². The molecule has 0 aliphatic carbocycles. The molecule has 0 bridgehead atoms. The number of aromatic nitrogens is 3. The van der Waals surface area contributed by atoms with Crippen LogP contribution >= 0.6 is 0 Å². The third kappa shape index (κ3) is 3.45. The molecule has 5 heteroatoms. The lowest BCUT2D eigenvalue weighted by molar-refractivity contribution is -0.114. The van der Waals surface area contributed by atoms with Crippen LogP contribution in [0.25, 0.3) is 11.1 Å². The van der Waals surface area contributed by atoms with E-state index in [1.54, 1.807) is 12.5 Å². The summed E-state index contributed by atoms with van der Waals surface area (Å²) in [5, 5.41) is 2.76. The first kappa shape index (κ1) is 15.0. The zero-order chi connectivity index (χ0) is 16.2. The molecular weight excluding hydrogens is 288 g/mol. The van der Waals surface area contributed by atoms with Crippen molar-refractivity contribution in [3.63, 3.8) is 0 Å². The minimum Gasteiger partial charge on any atom is -0.329 e. The van der Waals surface area contributed by atoms with E-state index in [2.05, 4.69) is 28.3 Å². The van der Waals surface area contributed by atoms with E-state index in [0.29, 0.717) is 0 Å². The molecule has 3 rings (SSSR count). The van der Waals surface area contributed by atoms with Crippen LogP contribution in [0.15, 0.2) is 61.3 Å². The number of nitrogens with zero attached hydrogens (tertiary/aromatic N) is 3. The van der Waals surface area contributed by atoms with E-state index >= 15 is 0 Å². The van der Waals surface area contributed by atoms with Gasteiger partial charge in [0.25, 0.3) is 0 Å². The normalized spacial score (nSPS) is 11.9. The van der Waals surface area contributed by atoms with Gasteiger partial charge < -0.3 is 9.88 Å². The first-order valence-corrected chi connectivity index (χ1v) is 7.45. The number of carbonyl (C=O) groups is 1. The Morgan fingerprint density at radius 2 is 1.87 bits per heavy atom. The van der Waals surface area contributed by atoms with E-state index in [0.717, 1.165) is 22.5 Å². The molecule has 0 aliphatic rings. The highest BCUT2D eigenvalue weighted by Gasteiger charge is 2.08. The third-order valence-electron chi connectivity index (χ3n) is 3.73. The van der Waals surface area contributed by atoms with Crippen LogP contribution in [0.5, 0.6) is 0 Å². The van der Waals surface area contributed by atoms with E-state index in [9.17, 15) is 4.79 Å². The highest BCUT2D eigenvalue weighted by Crippen LogP contribution is 2.23. The Balaban J connectivity index is 1.78. The monoisotopic (exact) mass is 306 g/mol. The molecule has 116 valence electrons. The second-order valence-electron chi connectivity index (χ2n) is 5.42. The summed E-state index contributed by atoms with van der Waals surface area (Å²) >= 11 is 0. The first-order chi connectivity index (χ1) is 11.1. The van der Waals surface area contributed by atoms with Crippen LogP contribution < -0.4 is 5.32 Å². The number of amides is 1. The van der Waals surface area contributed by atoms with Crippen molar-refractivity contribution < 1.29 is 4.79 Å². The molecule has 0 fully saturated rings. The lowest BCUT2D eigenvalue weighted by atomic mass is 10.1. The summed E-state index contributed by atoms with van der Waals surface area (Å²) in [5.74, 6) is -0.0720. The smallest absolute Gasteiger partial charge is 0.221 e. The van der Waals surface area contributed by atoms with Gasteiger partial charge in [0.2, 0.25) is 5.91 Å². The topological polar surface area (TPSA) is 59.8 Å². The van der Waals surface area contributed by atoms with Crippen molar-refractivity contribution >= 4 is 11.6 Å². The number of rotatable bonds is 4. The third-order valence-corrected chi connectivity index (χ3v) is 3.73. The van der Waals surface area contributed by atoms with Crippen molar-refractivity contribution in [1.82, 2.24) is 14.5 Å². The van der Waals surface area contributed by atoms with Gasteiger partial charge in [-0.05, 0) is 30.7 Å². The fraction of sp³-hybridized carbons (Fsp3) is 0.167. The van der Waals surface area contributed by atoms with Crippen molar-refractivity contribution in [3.8, 4) is 11.1 Å². The Morgan fingerprint density at radius 1 is 1.13 bits per heavy atom. The summed E-state index contributed by atoms with van der Waals surface area (Å²) in [5.41, 5.74) is 3.88. The van der Waals surface area contributed by atoms with Gasteiger partial charge in [-0.2, -0.15) is 0 Å². The molecule has 1 unspecified atom stereocenters. The minimum atomic E-state index is -0.0720. The minimum absolute atomic E-state index is 0.0720. The molecular formula is C18H18N4O. The molecule has 2 aromatic heterocycles. The van der Waals surface area contributed by atoms with Crippen molar-refractivity contribution in [3.05, 3.63) is 67.0 Å². The van der Waals surface area contributed by atoms with Crippen molar-refractivity contribution in [1.29, 1.82) is 0 Å². The molecule has 1 aromatic carbocycles. The van der Waals surface area contributed by atoms with Gasteiger partial charge in [0, 0.05) is 36.8 Å². The fourth-order valence-electron chi connectivity index (χ4n) is 2.42. The average molecular weight is 306 g/mol. The van der Waals surface area contributed by atoms with Crippen LogP contribution in [0.1, 0.15) is 25.6 Å². The van der Waals surface area contributed by atoms with Gasteiger partial charge in [0.15, 0.2) is 0 Å². The molecule has 23 heavy (non-hydrogen) atoms. The Labute approximate surface area is 135 Å². The molecule has 2 heterocycles. The van der Waals surface area contributed by atoms with Crippen LogP contribution in [0, 0.1) is 0 Å². The van der Waals surface area contributed by atoms with Gasteiger partial charge in [-0.1, -0.05) is 18.2 Å². The predicted molar refractivity (Wildman–Crippen MR) is 90.0 cm³/mol. The van der Waals surface area contributed by atoms with Crippen LogP contribution in [0.4, 0.5) is 5.69 Å². The van der Waals surface area contributed by atoms with Crippen LogP contribution in [0.3, 0.4) is 0 Å². The maximum Gasteiger partial charge on any atom is 0.221 e. The highest BCUT2D eigenvalue weighted by molar-refractivity contribution is 5.88. The van der Waals surface area contributed by atoms with Gasteiger partial charge in [0.1, 0.15) is 0 Å². The first-order valence-electron chi connectivity index (χ1n) is 7.45. The summed E-state index contributed by atoms with van der Waals surface area (Å²) < 4.78 is 2.02. The predicted octanol–water partition coefficient (Wildman–Crippen LogP) is 3.51. The lowest BCUT2D eigenvalue weighted by Gasteiger charge is -2.13. The van der Waals surface area contributed by atoms with Gasteiger partial charge in [0.05, 0.1) is 18.1 Å². The van der Waals surface area contributed by atoms with E-state index < -0.39 is 0 Å². The SMILES string of the molecule is CC(=O)Nc1ccc(-c2ccc(C(C)n3ccnc3)nc2)cc1. The summed E-state index contributed by atoms with van der Waals surface area (Å²) in [6, 6.07) is 12.0. The number of hydrogen-bond donors (Lipinski definition) is 1. The number of carbonyl (C=O) groups excluding carboxylic acids is 1. The van der Waals surface area contributed by atoms with Gasteiger partial charge in [-0.15, -0.1) is 0 Å². The zero-order valence-electron chi connectivity index (χ0n) is 13.1. The molecule has 1 atom stereocenters. The fourth-order valence-corrected chi connectivity index (χ4v) is 2.42. The average Bonchev–Trinajstić information content (AvgIpc) is 3.09. The molecule has 3 aromatic rings. The number of anilines is 1. The lowest BCUT2D eigenvalue weighted by Crippen LogP contribution is -2.06. The van der Waals surface area contributed by atoms with Crippen molar-refractivity contribution in [2.75, 3.05) is 5.32 Å². The standard InChI is InChI=1S/C18H18N4O/c1-13(22-10-9-19-12-22)18-8-5-16(11-20-18)15-3-6-17(7-4-15)21-14(2)23/h3-13H,1-2H3,(H,21,23). The second kappa shape index (κ2) is 6.44. The maximum absolute atomic E-state index is 11.0. The Morgan fingerprint density at radius 3 is 2.43 bits per heavy atom. The highest BCUT2D eigenvalue weighted by atomic mass is 16.1. The Kier molecular flexibility index (Phi) is 4.19. The van der Waals surface area contributed by atoms with Gasteiger partial charge >= 0.3 is 0 Å². The van der Waals surface area contributed by atoms with Crippen LogP contribution in [-0.4, -0.2) is 20.4 Å². The van der Waals surface area contributed by atoms with E-state index in [4.69, 9.17) is 0 Å². The summed E-state index contributed by atoms with van der Waals surface area (Å²) in [4.78, 5) is 19.7. The summed E-state index contributed by atoms with van der Waals surface area (Å²) in [6.07, 6.45) is 7.36. The number of benzene rings is 1. The number of hydrogen-bond acceptors (Lipinski definition) is 3. The summed E-state index contributed by atoms with van der Waals surface area (Å²) in [6.45, 7) is 3.59. The molecule has 1 N–H and O–H groups in total. The quantitative estimate of drug-likeness (QED) is 0.802. The van der Waals surface area contributed by atoms with Gasteiger partial charge in [-0.25, -0.2) is 4.98 Å². The number of nitrogens with one attached hydrogen (secondary N) is 1. The molecule has 0 spiro atoms. The van der Waals surface area contributed by atoms with Crippen molar-refractivity contribution in [2.24, 2.45) is 0 Å². The molecule has 5 nitrogen and oxygen atoms in total. The molecule has 0 saturated carbocycles. The van der Waals surface area contributed by atoms with Crippen LogP contribution in [0.2, 0.25) is 0 Å². The largest absolute Gasteiger partial charge is 0.329 e.